The van der Waals surface area contributed by atoms with E-state index in [4.69, 9.17) is 11.6 Å². The Labute approximate surface area is 91.8 Å². The molecule has 0 aliphatic carbocycles. The van der Waals surface area contributed by atoms with Crippen molar-refractivity contribution in [3.8, 4) is 0 Å². The largest absolute Gasteiger partial charge is 0.357 e. The first-order valence-electron chi connectivity index (χ1n) is 3.75. The molecule has 0 saturated heterocycles. The number of hydrogen-bond donors (Lipinski definition) is 1. The van der Waals surface area contributed by atoms with Gasteiger partial charge in [-0.05, 0) is 12.1 Å². The van der Waals surface area contributed by atoms with E-state index in [9.17, 15) is 9.18 Å². The molecule has 1 heterocycles. The second-order valence-corrected chi connectivity index (χ2v) is 4.10. The molecule has 1 aromatic heterocycles. The van der Waals surface area contributed by atoms with Gasteiger partial charge in [0.1, 0.15) is 10.8 Å². The van der Waals surface area contributed by atoms with Crippen LogP contribution in [0.1, 0.15) is 0 Å². The highest BCUT2D eigenvalue weighted by atomic mass is 79.9. The van der Waals surface area contributed by atoms with E-state index in [2.05, 4.69) is 20.9 Å². The lowest BCUT2D eigenvalue weighted by molar-refractivity contribution is 0.636. The van der Waals surface area contributed by atoms with Gasteiger partial charge in [0, 0.05) is 10.7 Å². The Morgan fingerprint density at radius 1 is 1.43 bits per heavy atom. The summed E-state index contributed by atoms with van der Waals surface area (Å²) in [6.45, 7) is 0. The van der Waals surface area contributed by atoms with Gasteiger partial charge in [-0.2, -0.15) is 0 Å². The number of pyridine rings is 1. The number of H-pyrrole nitrogens is 1. The highest BCUT2D eigenvalue weighted by Crippen LogP contribution is 2.20. The number of nitrogens with one attached hydrogen (secondary N) is 1. The molecule has 0 unspecified atom stereocenters. The van der Waals surface area contributed by atoms with Gasteiger partial charge in [-0.25, -0.2) is 4.39 Å². The maximum atomic E-state index is 13.3. The summed E-state index contributed by atoms with van der Waals surface area (Å²) in [7, 11) is 0. The van der Waals surface area contributed by atoms with Crippen LogP contribution in [0, 0.1) is 5.82 Å². The van der Waals surface area contributed by atoms with Crippen LogP contribution in [0.5, 0.6) is 0 Å². The molecule has 2 aromatic rings. The maximum Gasteiger partial charge on any atom is 0.208 e. The van der Waals surface area contributed by atoms with Gasteiger partial charge < -0.3 is 4.98 Å². The van der Waals surface area contributed by atoms with Gasteiger partial charge >= 0.3 is 0 Å². The number of hydrogen-bond acceptors (Lipinski definition) is 1. The summed E-state index contributed by atoms with van der Waals surface area (Å²) in [5, 5.41) is 0.291. The van der Waals surface area contributed by atoms with E-state index in [1.165, 1.54) is 18.3 Å². The summed E-state index contributed by atoms with van der Waals surface area (Å²) in [5.41, 5.74) is -0.205. The van der Waals surface area contributed by atoms with Crippen molar-refractivity contribution in [2.45, 2.75) is 0 Å². The minimum atomic E-state index is -0.483. The molecule has 0 spiro atoms. The molecule has 2 nitrogen and oxygen atoms in total. The molecule has 0 amide bonds. The van der Waals surface area contributed by atoms with Crippen molar-refractivity contribution < 1.29 is 4.39 Å². The molecule has 0 aliphatic rings. The van der Waals surface area contributed by atoms with E-state index in [1.807, 2.05) is 0 Å². The van der Waals surface area contributed by atoms with Crippen LogP contribution in [-0.2, 0) is 0 Å². The minimum Gasteiger partial charge on any atom is -0.357 e. The van der Waals surface area contributed by atoms with E-state index in [-0.39, 0.29) is 21.4 Å². The molecular weight excluding hydrogens is 272 g/mol. The molecule has 0 aliphatic heterocycles. The number of benzene rings is 1. The molecule has 5 heteroatoms. The molecule has 0 fully saturated rings. The lowest BCUT2D eigenvalue weighted by Gasteiger charge is -2.00. The maximum absolute atomic E-state index is 13.3. The van der Waals surface area contributed by atoms with Crippen molar-refractivity contribution in [3.63, 3.8) is 0 Å². The first-order chi connectivity index (χ1) is 6.59. The van der Waals surface area contributed by atoms with Gasteiger partial charge in [0.05, 0.1) is 10.9 Å². The van der Waals surface area contributed by atoms with E-state index in [1.54, 1.807) is 0 Å². The predicted molar refractivity (Wildman–Crippen MR) is 57.2 cm³/mol. The van der Waals surface area contributed by atoms with Crippen molar-refractivity contribution in [2.75, 3.05) is 0 Å². The summed E-state index contributed by atoms with van der Waals surface area (Å²) in [6, 6.07) is 2.81. The Morgan fingerprint density at radius 3 is 2.86 bits per heavy atom. The van der Waals surface area contributed by atoms with Gasteiger partial charge in [-0.3, -0.25) is 4.79 Å². The Balaban J connectivity index is 3.03. The number of aromatic nitrogens is 1. The first-order valence-corrected chi connectivity index (χ1v) is 4.92. The summed E-state index contributed by atoms with van der Waals surface area (Å²) in [6.07, 6.45) is 1.28. The fourth-order valence-corrected chi connectivity index (χ4v) is 1.82. The number of fused-ring (bicyclic) bond motifs is 1. The van der Waals surface area contributed by atoms with Crippen LogP contribution in [0.4, 0.5) is 4.39 Å². The molecule has 2 rings (SSSR count). The quantitative estimate of drug-likeness (QED) is 0.788. The van der Waals surface area contributed by atoms with E-state index in [0.717, 1.165) is 0 Å². The average Bonchev–Trinajstić information content (AvgIpc) is 2.12. The number of aromatic amines is 1. The van der Waals surface area contributed by atoms with Crippen LogP contribution in [0.2, 0.25) is 5.02 Å². The van der Waals surface area contributed by atoms with Crippen LogP contribution >= 0.6 is 27.5 Å². The zero-order valence-corrected chi connectivity index (χ0v) is 9.12. The van der Waals surface area contributed by atoms with Crippen LogP contribution in [0.15, 0.2) is 27.6 Å². The second kappa shape index (κ2) is 3.37. The van der Waals surface area contributed by atoms with Crippen molar-refractivity contribution >= 4 is 38.4 Å². The third kappa shape index (κ3) is 1.44. The normalized spacial score (nSPS) is 10.8. The zero-order valence-electron chi connectivity index (χ0n) is 6.77. The molecule has 14 heavy (non-hydrogen) atoms. The highest BCUT2D eigenvalue weighted by molar-refractivity contribution is 9.10. The second-order valence-electron chi connectivity index (χ2n) is 2.78. The molecule has 0 radical (unpaired) electrons. The molecule has 0 bridgehead atoms. The fraction of sp³-hybridized carbons (Fsp3) is 0. The lowest BCUT2D eigenvalue weighted by atomic mass is 10.2. The summed E-state index contributed by atoms with van der Waals surface area (Å²) in [5.74, 6) is -0.483. The summed E-state index contributed by atoms with van der Waals surface area (Å²) >= 11 is 8.72. The Hall–Kier alpha value is -0.870. The van der Waals surface area contributed by atoms with Crippen molar-refractivity contribution in [1.82, 2.24) is 4.98 Å². The van der Waals surface area contributed by atoms with Crippen LogP contribution in [0.3, 0.4) is 0 Å². The van der Waals surface area contributed by atoms with Crippen molar-refractivity contribution in [2.24, 2.45) is 0 Å². The fourth-order valence-electron chi connectivity index (χ4n) is 1.23. The lowest BCUT2D eigenvalue weighted by Crippen LogP contribution is -2.04. The standard InChI is InChI=1S/C9H4BrClFNO/c10-4-1-5-8(7(12)2-4)13-3-6(11)9(5)14/h1-3H,(H,13,14). The van der Waals surface area contributed by atoms with Gasteiger partial charge in [0.25, 0.3) is 0 Å². The minimum absolute atomic E-state index is 0.0509. The zero-order chi connectivity index (χ0) is 10.3. The average molecular weight is 276 g/mol. The molecular formula is C9H4BrClFNO. The molecule has 72 valence electrons. The molecule has 0 saturated carbocycles. The van der Waals surface area contributed by atoms with Crippen LogP contribution in [0.25, 0.3) is 10.9 Å². The topological polar surface area (TPSA) is 32.9 Å². The molecule has 1 aromatic carbocycles. The first kappa shape index (κ1) is 9.68. The number of rotatable bonds is 0. The molecule has 1 N–H and O–H groups in total. The Kier molecular flexibility index (Phi) is 2.33. The Bertz CT molecular complexity index is 566. The SMILES string of the molecule is O=c1c(Cl)c[nH]c2c(F)cc(Br)cc12. The van der Waals surface area contributed by atoms with Gasteiger partial charge in [0.15, 0.2) is 0 Å². The summed E-state index contributed by atoms with van der Waals surface area (Å²) < 4.78 is 13.8. The number of halogens is 3. The van der Waals surface area contributed by atoms with Gasteiger partial charge in [-0.15, -0.1) is 0 Å². The van der Waals surface area contributed by atoms with E-state index < -0.39 is 5.82 Å². The monoisotopic (exact) mass is 275 g/mol. The van der Waals surface area contributed by atoms with Crippen molar-refractivity contribution in [3.05, 3.63) is 43.9 Å². The van der Waals surface area contributed by atoms with Crippen LogP contribution in [-0.4, -0.2) is 4.98 Å². The van der Waals surface area contributed by atoms with Gasteiger partial charge in [-0.1, -0.05) is 27.5 Å². The van der Waals surface area contributed by atoms with E-state index >= 15 is 0 Å². The summed E-state index contributed by atoms with van der Waals surface area (Å²) in [4.78, 5) is 14.1. The third-order valence-corrected chi connectivity index (χ3v) is 2.60. The van der Waals surface area contributed by atoms with Crippen molar-refractivity contribution in [1.29, 1.82) is 0 Å². The van der Waals surface area contributed by atoms with Gasteiger partial charge in [0.2, 0.25) is 5.43 Å². The Morgan fingerprint density at radius 2 is 2.14 bits per heavy atom. The molecule has 0 atom stereocenters. The predicted octanol–water partition coefficient (Wildman–Crippen LogP) is 3.08. The van der Waals surface area contributed by atoms with Crippen LogP contribution < -0.4 is 5.43 Å². The third-order valence-electron chi connectivity index (χ3n) is 1.86. The van der Waals surface area contributed by atoms with E-state index in [0.29, 0.717) is 4.47 Å². The highest BCUT2D eigenvalue weighted by Gasteiger charge is 2.08. The smallest absolute Gasteiger partial charge is 0.208 e.